The maximum Gasteiger partial charge on any atom is 0.241 e. The van der Waals surface area contributed by atoms with Crippen molar-refractivity contribution in [1.29, 1.82) is 0 Å². The number of hydrogen-bond donors (Lipinski definition) is 2. The fraction of sp³-hybridized carbons (Fsp3) is 0.588. The lowest BCUT2D eigenvalue weighted by atomic mass is 9.96. The molecule has 2 atom stereocenters. The van der Waals surface area contributed by atoms with E-state index in [9.17, 15) is 4.79 Å². The number of nitrogen functional groups attached to an aromatic ring is 1. The molecule has 3 N–H and O–H groups in total. The number of nitrogens with two attached hydrogens (primary N) is 1. The standard InChI is InChI=1S/C17H26ClN3O/c1-3-13-7-5-6-10-21(13)16(4-2)17(22)20-15-9-8-12(19)11-14(15)18/h8-9,11,13,16H,3-7,10,19H2,1-2H3,(H,20,22). The third-order valence-corrected chi connectivity index (χ3v) is 4.80. The van der Waals surface area contributed by atoms with Gasteiger partial charge in [0.05, 0.1) is 16.8 Å². The van der Waals surface area contributed by atoms with Gasteiger partial charge in [0.25, 0.3) is 0 Å². The van der Waals surface area contributed by atoms with E-state index in [0.717, 1.165) is 19.4 Å². The lowest BCUT2D eigenvalue weighted by Crippen LogP contribution is -2.51. The summed E-state index contributed by atoms with van der Waals surface area (Å²) in [5.41, 5.74) is 6.92. The van der Waals surface area contributed by atoms with Gasteiger partial charge in [-0.2, -0.15) is 0 Å². The van der Waals surface area contributed by atoms with Gasteiger partial charge in [-0.05, 0) is 50.4 Å². The number of amides is 1. The van der Waals surface area contributed by atoms with Crippen molar-refractivity contribution in [2.45, 2.75) is 58.0 Å². The number of nitrogens with one attached hydrogen (secondary N) is 1. The van der Waals surface area contributed by atoms with Crippen LogP contribution in [0.1, 0.15) is 46.0 Å². The van der Waals surface area contributed by atoms with Crippen molar-refractivity contribution in [1.82, 2.24) is 4.90 Å². The summed E-state index contributed by atoms with van der Waals surface area (Å²) in [5.74, 6) is 0.0227. The molecule has 0 bridgehead atoms. The Morgan fingerprint density at radius 2 is 2.23 bits per heavy atom. The number of hydrogen-bond acceptors (Lipinski definition) is 3. The molecule has 5 heteroatoms. The smallest absolute Gasteiger partial charge is 0.241 e. The van der Waals surface area contributed by atoms with Crippen LogP contribution in [-0.4, -0.2) is 29.4 Å². The highest BCUT2D eigenvalue weighted by atomic mass is 35.5. The van der Waals surface area contributed by atoms with Gasteiger partial charge >= 0.3 is 0 Å². The Morgan fingerprint density at radius 1 is 1.45 bits per heavy atom. The predicted octanol–water partition coefficient (Wildman–Crippen LogP) is 3.90. The van der Waals surface area contributed by atoms with Gasteiger partial charge in [0, 0.05) is 11.7 Å². The van der Waals surface area contributed by atoms with Crippen LogP contribution in [0.3, 0.4) is 0 Å². The van der Waals surface area contributed by atoms with Gasteiger partial charge in [0.1, 0.15) is 0 Å². The van der Waals surface area contributed by atoms with Gasteiger partial charge in [-0.3, -0.25) is 9.69 Å². The second kappa shape index (κ2) is 7.84. The Bertz CT molecular complexity index is 521. The first kappa shape index (κ1) is 17.1. The summed E-state index contributed by atoms with van der Waals surface area (Å²) in [7, 11) is 0. The molecule has 0 radical (unpaired) electrons. The van der Waals surface area contributed by atoms with Crippen molar-refractivity contribution >= 4 is 28.9 Å². The number of carbonyl (C=O) groups excluding carboxylic acids is 1. The Kier molecular flexibility index (Phi) is 6.09. The van der Waals surface area contributed by atoms with Crippen LogP contribution in [0.4, 0.5) is 11.4 Å². The predicted molar refractivity (Wildman–Crippen MR) is 93.2 cm³/mol. The van der Waals surface area contributed by atoms with Crippen LogP contribution >= 0.6 is 11.6 Å². The largest absolute Gasteiger partial charge is 0.399 e. The molecular weight excluding hydrogens is 298 g/mol. The molecule has 1 fully saturated rings. The number of rotatable bonds is 5. The van der Waals surface area contributed by atoms with Crippen molar-refractivity contribution in [2.75, 3.05) is 17.6 Å². The molecule has 1 aliphatic heterocycles. The molecular formula is C17H26ClN3O. The minimum absolute atomic E-state index is 0.0227. The van der Waals surface area contributed by atoms with Crippen molar-refractivity contribution in [2.24, 2.45) is 0 Å². The van der Waals surface area contributed by atoms with E-state index < -0.39 is 0 Å². The van der Waals surface area contributed by atoms with E-state index in [1.165, 1.54) is 19.3 Å². The zero-order valence-electron chi connectivity index (χ0n) is 13.4. The van der Waals surface area contributed by atoms with Gasteiger partial charge in [-0.1, -0.05) is 31.9 Å². The molecule has 0 saturated carbocycles. The fourth-order valence-corrected chi connectivity index (χ4v) is 3.53. The minimum atomic E-state index is -0.0983. The van der Waals surface area contributed by atoms with Crippen LogP contribution < -0.4 is 11.1 Å². The summed E-state index contributed by atoms with van der Waals surface area (Å²) in [6.45, 7) is 5.26. The molecule has 2 rings (SSSR count). The average Bonchev–Trinajstić information content (AvgIpc) is 2.51. The second-order valence-electron chi connectivity index (χ2n) is 5.95. The number of benzene rings is 1. The number of anilines is 2. The third-order valence-electron chi connectivity index (χ3n) is 4.48. The number of piperidine rings is 1. The van der Waals surface area contributed by atoms with Crippen molar-refractivity contribution in [3.8, 4) is 0 Å². The van der Waals surface area contributed by atoms with E-state index >= 15 is 0 Å². The monoisotopic (exact) mass is 323 g/mol. The Morgan fingerprint density at radius 3 is 2.86 bits per heavy atom. The van der Waals surface area contributed by atoms with Crippen molar-refractivity contribution in [3.63, 3.8) is 0 Å². The summed E-state index contributed by atoms with van der Waals surface area (Å²) in [5, 5.41) is 3.44. The molecule has 1 saturated heterocycles. The van der Waals surface area contributed by atoms with Gasteiger partial charge < -0.3 is 11.1 Å². The van der Waals surface area contributed by atoms with Crippen LogP contribution in [-0.2, 0) is 4.79 Å². The first-order valence-corrected chi connectivity index (χ1v) is 8.56. The SMILES string of the molecule is CCC1CCCCN1C(CC)C(=O)Nc1ccc(N)cc1Cl. The molecule has 1 aromatic carbocycles. The first-order valence-electron chi connectivity index (χ1n) is 8.18. The van der Waals surface area contributed by atoms with Gasteiger partial charge in [0.15, 0.2) is 0 Å². The maximum atomic E-state index is 12.7. The normalized spacial score (nSPS) is 20.6. The van der Waals surface area contributed by atoms with Crippen LogP contribution in [0.5, 0.6) is 0 Å². The van der Waals surface area contributed by atoms with E-state index in [4.69, 9.17) is 17.3 Å². The lowest BCUT2D eigenvalue weighted by Gasteiger charge is -2.40. The second-order valence-corrected chi connectivity index (χ2v) is 6.36. The number of carbonyl (C=O) groups is 1. The van der Waals surface area contributed by atoms with Crippen LogP contribution in [0, 0.1) is 0 Å². The van der Waals surface area contributed by atoms with Crippen molar-refractivity contribution < 1.29 is 4.79 Å². The first-order chi connectivity index (χ1) is 10.6. The maximum absolute atomic E-state index is 12.7. The topological polar surface area (TPSA) is 58.4 Å². The molecule has 0 spiro atoms. The van der Waals surface area contributed by atoms with Crippen LogP contribution in [0.25, 0.3) is 0 Å². The third kappa shape index (κ3) is 3.93. The van der Waals surface area contributed by atoms with Gasteiger partial charge in [-0.15, -0.1) is 0 Å². The van der Waals surface area contributed by atoms with E-state index in [1.54, 1.807) is 18.2 Å². The summed E-state index contributed by atoms with van der Waals surface area (Å²) >= 11 is 6.15. The number of halogens is 1. The molecule has 0 aliphatic carbocycles. The summed E-state index contributed by atoms with van der Waals surface area (Å²) in [6.07, 6.45) is 5.50. The zero-order valence-corrected chi connectivity index (χ0v) is 14.2. The highest BCUT2D eigenvalue weighted by molar-refractivity contribution is 6.34. The number of nitrogens with zero attached hydrogens (tertiary/aromatic N) is 1. The molecule has 122 valence electrons. The summed E-state index contributed by atoms with van der Waals surface area (Å²) in [6, 6.07) is 5.58. The zero-order chi connectivity index (χ0) is 16.1. The Balaban J connectivity index is 2.11. The van der Waals surface area contributed by atoms with Gasteiger partial charge in [0.2, 0.25) is 5.91 Å². The highest BCUT2D eigenvalue weighted by Crippen LogP contribution is 2.27. The lowest BCUT2D eigenvalue weighted by molar-refractivity contribution is -0.123. The van der Waals surface area contributed by atoms with Crippen LogP contribution in [0.15, 0.2) is 18.2 Å². The average molecular weight is 324 g/mol. The van der Waals surface area contributed by atoms with Gasteiger partial charge in [-0.25, -0.2) is 0 Å². The molecule has 0 aromatic heterocycles. The molecule has 2 unspecified atom stereocenters. The van der Waals surface area contributed by atoms with E-state index in [-0.39, 0.29) is 11.9 Å². The highest BCUT2D eigenvalue weighted by Gasteiger charge is 2.31. The quantitative estimate of drug-likeness (QED) is 0.808. The van der Waals surface area contributed by atoms with Crippen LogP contribution in [0.2, 0.25) is 5.02 Å². The Labute approximate surface area is 138 Å². The molecule has 4 nitrogen and oxygen atoms in total. The minimum Gasteiger partial charge on any atom is -0.399 e. The number of likely N-dealkylation sites (tertiary alicyclic amines) is 1. The Hall–Kier alpha value is -1.26. The molecule has 1 aromatic rings. The van der Waals surface area contributed by atoms with Crippen molar-refractivity contribution in [3.05, 3.63) is 23.2 Å². The fourth-order valence-electron chi connectivity index (χ4n) is 3.29. The molecule has 1 aliphatic rings. The van der Waals surface area contributed by atoms with E-state index in [1.807, 2.05) is 0 Å². The molecule has 1 amide bonds. The summed E-state index contributed by atoms with van der Waals surface area (Å²) < 4.78 is 0. The molecule has 1 heterocycles. The summed E-state index contributed by atoms with van der Waals surface area (Å²) in [4.78, 5) is 15.1. The van der Waals surface area contributed by atoms with E-state index in [2.05, 4.69) is 24.1 Å². The van der Waals surface area contributed by atoms with E-state index in [0.29, 0.717) is 22.4 Å². The molecule has 22 heavy (non-hydrogen) atoms.